The summed E-state index contributed by atoms with van der Waals surface area (Å²) in [6.45, 7) is 3.28. The summed E-state index contributed by atoms with van der Waals surface area (Å²) in [6.07, 6.45) is 0.993. The number of nitrogens with zero attached hydrogens (tertiary/aromatic N) is 1. The van der Waals surface area contributed by atoms with Gasteiger partial charge in [0.05, 0.1) is 6.54 Å². The number of hydrogen-bond donors (Lipinski definition) is 1. The highest BCUT2D eigenvalue weighted by molar-refractivity contribution is 5.76. The van der Waals surface area contributed by atoms with Crippen LogP contribution in [-0.4, -0.2) is 10.5 Å². The van der Waals surface area contributed by atoms with Gasteiger partial charge in [0.25, 0.3) is 0 Å². The number of rotatable bonds is 1. The molecule has 1 amide bonds. The molecule has 0 aromatic carbocycles. The first kappa shape index (κ1) is 7.40. The van der Waals surface area contributed by atoms with Gasteiger partial charge in [-0.15, -0.1) is 0 Å². The Morgan fingerprint density at radius 3 is 3.17 bits per heavy atom. The largest absolute Gasteiger partial charge is 0.349 e. The Morgan fingerprint density at radius 2 is 2.42 bits per heavy atom. The Balaban J connectivity index is 2.40. The van der Waals surface area contributed by atoms with Crippen molar-refractivity contribution in [3.05, 3.63) is 23.5 Å². The summed E-state index contributed by atoms with van der Waals surface area (Å²) in [5, 5.41) is 2.82. The Labute approximate surface area is 71.4 Å². The van der Waals surface area contributed by atoms with Crippen LogP contribution in [0, 0.1) is 0 Å². The van der Waals surface area contributed by atoms with Crippen molar-refractivity contribution in [1.29, 1.82) is 0 Å². The molecule has 0 aliphatic carbocycles. The topological polar surface area (TPSA) is 34.0 Å². The SMILES string of the molecule is CCc1ccc2n1CC(=O)NC2. The summed E-state index contributed by atoms with van der Waals surface area (Å²) >= 11 is 0. The minimum Gasteiger partial charge on any atom is -0.349 e. The van der Waals surface area contributed by atoms with Crippen molar-refractivity contribution in [3.8, 4) is 0 Å². The van der Waals surface area contributed by atoms with Gasteiger partial charge in [-0.3, -0.25) is 4.79 Å². The minimum absolute atomic E-state index is 0.119. The predicted octanol–water partition coefficient (Wildman–Crippen LogP) is 0.680. The molecule has 1 aliphatic heterocycles. The highest BCUT2D eigenvalue weighted by Crippen LogP contribution is 2.12. The molecule has 3 heteroatoms. The van der Waals surface area contributed by atoms with Gasteiger partial charge in [-0.25, -0.2) is 0 Å². The van der Waals surface area contributed by atoms with E-state index < -0.39 is 0 Å². The molecule has 1 aromatic heterocycles. The third-order valence-electron chi connectivity index (χ3n) is 2.29. The first-order valence-electron chi connectivity index (χ1n) is 4.25. The van der Waals surface area contributed by atoms with E-state index in [9.17, 15) is 4.79 Å². The van der Waals surface area contributed by atoms with Crippen molar-refractivity contribution in [2.75, 3.05) is 0 Å². The number of fused-ring (bicyclic) bond motifs is 1. The lowest BCUT2D eigenvalue weighted by Crippen LogP contribution is -2.34. The molecular weight excluding hydrogens is 152 g/mol. The van der Waals surface area contributed by atoms with Crippen LogP contribution in [-0.2, 0) is 24.3 Å². The zero-order valence-corrected chi connectivity index (χ0v) is 7.13. The first-order valence-corrected chi connectivity index (χ1v) is 4.25. The maximum Gasteiger partial charge on any atom is 0.240 e. The van der Waals surface area contributed by atoms with E-state index >= 15 is 0 Å². The Kier molecular flexibility index (Phi) is 1.64. The van der Waals surface area contributed by atoms with Gasteiger partial charge in [0.1, 0.15) is 6.54 Å². The van der Waals surface area contributed by atoms with E-state index in [1.807, 2.05) is 0 Å². The number of carbonyl (C=O) groups excluding carboxylic acids is 1. The number of amides is 1. The molecule has 0 spiro atoms. The molecule has 0 saturated heterocycles. The summed E-state index contributed by atoms with van der Waals surface area (Å²) in [5.74, 6) is 0.119. The monoisotopic (exact) mass is 164 g/mol. The second kappa shape index (κ2) is 2.66. The van der Waals surface area contributed by atoms with E-state index in [-0.39, 0.29) is 5.91 Å². The molecule has 0 saturated carbocycles. The average Bonchev–Trinajstić information content (AvgIpc) is 2.46. The molecule has 12 heavy (non-hydrogen) atoms. The quantitative estimate of drug-likeness (QED) is 0.650. The molecule has 0 unspecified atom stereocenters. The van der Waals surface area contributed by atoms with Crippen LogP contribution >= 0.6 is 0 Å². The van der Waals surface area contributed by atoms with Gasteiger partial charge in [-0.05, 0) is 18.6 Å². The van der Waals surface area contributed by atoms with E-state index in [4.69, 9.17) is 0 Å². The van der Waals surface area contributed by atoms with Crippen molar-refractivity contribution >= 4 is 5.91 Å². The lowest BCUT2D eigenvalue weighted by atomic mass is 10.3. The molecule has 1 N–H and O–H groups in total. The predicted molar refractivity (Wildman–Crippen MR) is 45.7 cm³/mol. The van der Waals surface area contributed by atoms with E-state index in [1.165, 1.54) is 11.4 Å². The summed E-state index contributed by atoms with van der Waals surface area (Å²) in [6, 6.07) is 4.17. The van der Waals surface area contributed by atoms with Crippen molar-refractivity contribution in [2.45, 2.75) is 26.4 Å². The van der Waals surface area contributed by atoms with Gasteiger partial charge in [0.2, 0.25) is 5.91 Å². The standard InChI is InChI=1S/C9H12N2O/c1-2-7-3-4-8-5-10-9(12)6-11(7)8/h3-4H,2,5-6H2,1H3,(H,10,12). The molecule has 0 radical (unpaired) electrons. The zero-order valence-electron chi connectivity index (χ0n) is 7.13. The zero-order chi connectivity index (χ0) is 8.55. The highest BCUT2D eigenvalue weighted by atomic mass is 16.2. The molecule has 0 fully saturated rings. The van der Waals surface area contributed by atoms with Gasteiger partial charge >= 0.3 is 0 Å². The van der Waals surface area contributed by atoms with Crippen LogP contribution in [0.3, 0.4) is 0 Å². The molecule has 2 rings (SSSR count). The molecular formula is C9H12N2O. The van der Waals surface area contributed by atoms with Crippen LogP contribution in [0.1, 0.15) is 18.3 Å². The molecule has 3 nitrogen and oxygen atoms in total. The van der Waals surface area contributed by atoms with Crippen molar-refractivity contribution in [1.82, 2.24) is 9.88 Å². The number of hydrogen-bond acceptors (Lipinski definition) is 1. The van der Waals surface area contributed by atoms with Crippen LogP contribution in [0.2, 0.25) is 0 Å². The van der Waals surface area contributed by atoms with Crippen LogP contribution in [0.5, 0.6) is 0 Å². The molecule has 0 atom stereocenters. The lowest BCUT2D eigenvalue weighted by Gasteiger charge is -2.17. The number of aromatic nitrogens is 1. The normalized spacial score (nSPS) is 15.6. The third-order valence-corrected chi connectivity index (χ3v) is 2.29. The van der Waals surface area contributed by atoms with Gasteiger partial charge < -0.3 is 9.88 Å². The summed E-state index contributed by atoms with van der Waals surface area (Å²) in [5.41, 5.74) is 2.46. The maximum atomic E-state index is 11.1. The Bertz CT molecular complexity index is 301. The maximum absolute atomic E-state index is 11.1. The Hall–Kier alpha value is -1.25. The number of carbonyl (C=O) groups is 1. The second-order valence-electron chi connectivity index (χ2n) is 3.03. The average molecular weight is 164 g/mol. The summed E-state index contributed by atoms with van der Waals surface area (Å²) in [4.78, 5) is 11.1. The van der Waals surface area contributed by atoms with Gasteiger partial charge in [-0.1, -0.05) is 6.92 Å². The van der Waals surface area contributed by atoms with Crippen molar-refractivity contribution < 1.29 is 4.79 Å². The molecule has 2 heterocycles. The van der Waals surface area contributed by atoms with E-state index in [0.717, 1.165) is 6.42 Å². The number of nitrogens with one attached hydrogen (secondary N) is 1. The molecule has 1 aromatic rings. The van der Waals surface area contributed by atoms with Gasteiger partial charge in [-0.2, -0.15) is 0 Å². The Morgan fingerprint density at radius 1 is 1.58 bits per heavy atom. The first-order chi connectivity index (χ1) is 5.81. The third kappa shape index (κ3) is 1.02. The van der Waals surface area contributed by atoms with Crippen molar-refractivity contribution in [3.63, 3.8) is 0 Å². The van der Waals surface area contributed by atoms with E-state index in [0.29, 0.717) is 13.1 Å². The van der Waals surface area contributed by atoms with Crippen LogP contribution < -0.4 is 5.32 Å². The fraction of sp³-hybridized carbons (Fsp3) is 0.444. The molecule has 1 aliphatic rings. The lowest BCUT2D eigenvalue weighted by molar-refractivity contribution is -0.122. The fourth-order valence-corrected chi connectivity index (χ4v) is 1.61. The van der Waals surface area contributed by atoms with Crippen LogP contribution in [0.4, 0.5) is 0 Å². The molecule has 0 bridgehead atoms. The number of aryl methyl sites for hydroxylation is 1. The highest BCUT2D eigenvalue weighted by Gasteiger charge is 2.15. The van der Waals surface area contributed by atoms with Gasteiger partial charge in [0, 0.05) is 11.4 Å². The summed E-state index contributed by atoms with van der Waals surface area (Å²) in [7, 11) is 0. The minimum atomic E-state index is 0.119. The summed E-state index contributed by atoms with van der Waals surface area (Å²) < 4.78 is 2.10. The van der Waals surface area contributed by atoms with Gasteiger partial charge in [0.15, 0.2) is 0 Å². The van der Waals surface area contributed by atoms with Crippen LogP contribution in [0.15, 0.2) is 12.1 Å². The van der Waals surface area contributed by atoms with Crippen LogP contribution in [0.25, 0.3) is 0 Å². The van der Waals surface area contributed by atoms with Crippen molar-refractivity contribution in [2.24, 2.45) is 0 Å². The smallest absolute Gasteiger partial charge is 0.240 e. The van der Waals surface area contributed by atoms with E-state index in [2.05, 4.69) is 28.9 Å². The molecule has 64 valence electrons. The van der Waals surface area contributed by atoms with E-state index in [1.54, 1.807) is 0 Å². The fourth-order valence-electron chi connectivity index (χ4n) is 1.61. The second-order valence-corrected chi connectivity index (χ2v) is 3.03.